The van der Waals surface area contributed by atoms with Crippen LogP contribution in [0.4, 0.5) is 0 Å². The number of nitrogens with one attached hydrogen (secondary N) is 1. The van der Waals surface area contributed by atoms with Crippen molar-refractivity contribution in [3.63, 3.8) is 0 Å². The van der Waals surface area contributed by atoms with E-state index in [-0.39, 0.29) is 6.42 Å². The van der Waals surface area contributed by atoms with E-state index < -0.39 is 5.97 Å². The molecule has 0 spiro atoms. The Kier molecular flexibility index (Phi) is 3.16. The van der Waals surface area contributed by atoms with E-state index in [1.165, 1.54) is 0 Å². The zero-order valence-electron chi connectivity index (χ0n) is 8.76. The number of rotatable bonds is 5. The van der Waals surface area contributed by atoms with Crippen molar-refractivity contribution in [1.82, 2.24) is 14.7 Å². The van der Waals surface area contributed by atoms with Gasteiger partial charge in [0.25, 0.3) is 0 Å². The number of carbonyl (C=O) groups is 1. The van der Waals surface area contributed by atoms with Gasteiger partial charge in [-0.15, -0.1) is 0 Å². The number of aliphatic carboxylic acids is 1. The second kappa shape index (κ2) is 4.76. The second-order valence-electron chi connectivity index (χ2n) is 3.52. The van der Waals surface area contributed by atoms with Gasteiger partial charge in [0.2, 0.25) is 0 Å². The van der Waals surface area contributed by atoms with Crippen molar-refractivity contribution in [1.29, 1.82) is 0 Å². The summed E-state index contributed by atoms with van der Waals surface area (Å²) in [4.78, 5) is 14.7. The molecule has 0 unspecified atom stereocenters. The summed E-state index contributed by atoms with van der Waals surface area (Å²) in [5.41, 5.74) is 1.81. The number of pyridine rings is 1. The molecule has 2 heterocycles. The maximum Gasteiger partial charge on any atom is 0.304 e. The number of hydrogen-bond donors (Lipinski definition) is 2. The molecule has 0 radical (unpaired) electrons. The van der Waals surface area contributed by atoms with Crippen LogP contribution in [0, 0.1) is 0 Å². The van der Waals surface area contributed by atoms with Crippen molar-refractivity contribution < 1.29 is 9.90 Å². The molecule has 0 aromatic carbocycles. The second-order valence-corrected chi connectivity index (χ2v) is 3.52. The maximum atomic E-state index is 10.3. The Morgan fingerprint density at radius 2 is 2.38 bits per heavy atom. The van der Waals surface area contributed by atoms with E-state index in [1.54, 1.807) is 0 Å². The van der Waals surface area contributed by atoms with Crippen LogP contribution in [0.1, 0.15) is 12.1 Å². The van der Waals surface area contributed by atoms with Gasteiger partial charge < -0.3 is 14.8 Å². The third kappa shape index (κ3) is 2.58. The smallest absolute Gasteiger partial charge is 0.304 e. The number of aromatic nitrogens is 2. The maximum absolute atomic E-state index is 10.3. The Morgan fingerprint density at radius 1 is 1.50 bits per heavy atom. The van der Waals surface area contributed by atoms with Crippen molar-refractivity contribution >= 4 is 11.6 Å². The lowest BCUT2D eigenvalue weighted by Gasteiger charge is -1.98. The molecule has 2 rings (SSSR count). The van der Waals surface area contributed by atoms with E-state index in [2.05, 4.69) is 10.3 Å². The Bertz CT molecular complexity index is 460. The Balaban J connectivity index is 1.92. The first-order valence-corrected chi connectivity index (χ1v) is 5.11. The van der Waals surface area contributed by atoms with Crippen molar-refractivity contribution in [2.45, 2.75) is 13.0 Å². The summed E-state index contributed by atoms with van der Waals surface area (Å²) in [6.45, 7) is 1.05. The van der Waals surface area contributed by atoms with Crippen molar-refractivity contribution in [3.05, 3.63) is 36.3 Å². The monoisotopic (exact) mass is 219 g/mol. The largest absolute Gasteiger partial charge is 0.481 e. The molecule has 0 bridgehead atoms. The highest BCUT2D eigenvalue weighted by Gasteiger charge is 2.00. The summed E-state index contributed by atoms with van der Waals surface area (Å²) in [6.07, 6.45) is 4.00. The van der Waals surface area contributed by atoms with E-state index in [1.807, 2.05) is 35.0 Å². The average molecular weight is 219 g/mol. The Labute approximate surface area is 92.7 Å². The predicted octanol–water partition coefficient (Wildman–Crippen LogP) is 0.899. The highest BCUT2D eigenvalue weighted by atomic mass is 16.4. The molecule has 5 heteroatoms. The number of carboxylic acid groups (broad SMARTS) is 1. The molecule has 0 saturated heterocycles. The summed E-state index contributed by atoms with van der Waals surface area (Å²) in [6, 6.07) is 5.81. The van der Waals surface area contributed by atoms with Crippen molar-refractivity contribution in [2.24, 2.45) is 0 Å². The summed E-state index contributed by atoms with van der Waals surface area (Å²) in [7, 11) is 0. The van der Waals surface area contributed by atoms with Gasteiger partial charge in [0.05, 0.1) is 12.1 Å². The summed E-state index contributed by atoms with van der Waals surface area (Å²) in [5, 5.41) is 11.5. The normalized spacial score (nSPS) is 10.8. The van der Waals surface area contributed by atoms with Crippen LogP contribution in [0.3, 0.4) is 0 Å². The molecule has 0 fully saturated rings. The van der Waals surface area contributed by atoms with Gasteiger partial charge in [-0.3, -0.25) is 4.79 Å². The summed E-state index contributed by atoms with van der Waals surface area (Å²) < 4.78 is 1.94. The fraction of sp³-hybridized carbons (Fsp3) is 0.273. The first-order valence-electron chi connectivity index (χ1n) is 5.11. The van der Waals surface area contributed by atoms with Gasteiger partial charge in [0, 0.05) is 25.5 Å². The van der Waals surface area contributed by atoms with E-state index >= 15 is 0 Å². The van der Waals surface area contributed by atoms with Gasteiger partial charge in [-0.2, -0.15) is 0 Å². The Morgan fingerprint density at radius 3 is 3.12 bits per heavy atom. The molecule has 0 aliphatic rings. The van der Waals surface area contributed by atoms with E-state index in [9.17, 15) is 4.79 Å². The zero-order chi connectivity index (χ0) is 11.4. The number of carboxylic acids is 1. The molecule has 0 aliphatic heterocycles. The summed E-state index contributed by atoms with van der Waals surface area (Å²) in [5.74, 6) is -0.789. The van der Waals surface area contributed by atoms with Crippen LogP contribution in [0.15, 0.2) is 30.6 Å². The molecule has 5 nitrogen and oxygen atoms in total. The number of hydrogen-bond acceptors (Lipinski definition) is 3. The van der Waals surface area contributed by atoms with Gasteiger partial charge in [-0.1, -0.05) is 6.07 Å². The molecule has 0 amide bonds. The lowest BCUT2D eigenvalue weighted by molar-refractivity contribution is -0.136. The fourth-order valence-corrected chi connectivity index (χ4v) is 1.48. The van der Waals surface area contributed by atoms with Gasteiger partial charge >= 0.3 is 5.97 Å². The lowest BCUT2D eigenvalue weighted by Crippen LogP contribution is -2.17. The minimum Gasteiger partial charge on any atom is -0.481 e. The molecule has 2 N–H and O–H groups in total. The topological polar surface area (TPSA) is 66.6 Å². The molecule has 84 valence electrons. The van der Waals surface area contributed by atoms with Gasteiger partial charge in [-0.05, 0) is 12.1 Å². The van der Waals surface area contributed by atoms with Gasteiger partial charge in [-0.25, -0.2) is 4.98 Å². The zero-order valence-corrected chi connectivity index (χ0v) is 8.76. The van der Waals surface area contributed by atoms with Crippen LogP contribution in [0.25, 0.3) is 5.65 Å². The first-order chi connectivity index (χ1) is 7.75. The number of nitrogens with zero attached hydrogens (tertiary/aromatic N) is 2. The van der Waals surface area contributed by atoms with Crippen LogP contribution in [0.5, 0.6) is 0 Å². The molecule has 0 atom stereocenters. The molecule has 0 aliphatic carbocycles. The molecule has 16 heavy (non-hydrogen) atoms. The highest BCUT2D eigenvalue weighted by Crippen LogP contribution is 2.03. The predicted molar refractivity (Wildman–Crippen MR) is 59.2 cm³/mol. The van der Waals surface area contributed by atoms with Crippen LogP contribution >= 0.6 is 0 Å². The minimum atomic E-state index is -0.789. The van der Waals surface area contributed by atoms with E-state index in [0.717, 1.165) is 11.3 Å². The number of fused-ring (bicyclic) bond motifs is 1. The first kappa shape index (κ1) is 10.6. The van der Waals surface area contributed by atoms with Crippen LogP contribution < -0.4 is 5.32 Å². The van der Waals surface area contributed by atoms with Crippen LogP contribution in [0.2, 0.25) is 0 Å². The lowest BCUT2D eigenvalue weighted by atomic mass is 10.4. The molecule has 0 saturated carbocycles. The quantitative estimate of drug-likeness (QED) is 0.733. The third-order valence-electron chi connectivity index (χ3n) is 2.24. The fourth-order valence-electron chi connectivity index (χ4n) is 1.48. The molecule has 2 aromatic heterocycles. The molecular formula is C11H13N3O2. The highest BCUT2D eigenvalue weighted by molar-refractivity contribution is 5.66. The Hall–Kier alpha value is -1.88. The van der Waals surface area contributed by atoms with E-state index in [4.69, 9.17) is 5.11 Å². The van der Waals surface area contributed by atoms with Crippen molar-refractivity contribution in [2.75, 3.05) is 6.54 Å². The van der Waals surface area contributed by atoms with Crippen LogP contribution in [-0.2, 0) is 11.3 Å². The average Bonchev–Trinajstić information content (AvgIpc) is 2.66. The SMILES string of the molecule is O=C(O)CCNCc1cn2ccccc2n1. The number of imidazole rings is 1. The minimum absolute atomic E-state index is 0.132. The van der Waals surface area contributed by atoms with E-state index in [0.29, 0.717) is 13.1 Å². The molecular weight excluding hydrogens is 206 g/mol. The van der Waals surface area contributed by atoms with Crippen LogP contribution in [-0.4, -0.2) is 27.0 Å². The standard InChI is InChI=1S/C11H13N3O2/c15-11(16)4-5-12-7-9-8-14-6-2-1-3-10(14)13-9/h1-3,6,8,12H,4-5,7H2,(H,15,16). The molecule has 2 aromatic rings. The third-order valence-corrected chi connectivity index (χ3v) is 2.24. The van der Waals surface area contributed by atoms with Gasteiger partial charge in [0.15, 0.2) is 0 Å². The van der Waals surface area contributed by atoms with Crippen molar-refractivity contribution in [3.8, 4) is 0 Å². The van der Waals surface area contributed by atoms with Gasteiger partial charge in [0.1, 0.15) is 5.65 Å². The summed E-state index contributed by atoms with van der Waals surface area (Å²) >= 11 is 0.